The number of hydrogen-bond acceptors (Lipinski definition) is 7. The van der Waals surface area contributed by atoms with Crippen LogP contribution >= 0.6 is 0 Å². The Morgan fingerprint density at radius 1 is 1.15 bits per heavy atom. The van der Waals surface area contributed by atoms with Crippen molar-refractivity contribution in [3.63, 3.8) is 0 Å². The lowest BCUT2D eigenvalue weighted by Gasteiger charge is -2.27. The van der Waals surface area contributed by atoms with Gasteiger partial charge in [-0.3, -0.25) is 14.3 Å². The van der Waals surface area contributed by atoms with Crippen LogP contribution in [-0.2, 0) is 28.3 Å². The number of H-pyrrole nitrogens is 1. The van der Waals surface area contributed by atoms with Crippen LogP contribution in [-0.4, -0.2) is 58.0 Å². The predicted molar refractivity (Wildman–Crippen MR) is 152 cm³/mol. The summed E-state index contributed by atoms with van der Waals surface area (Å²) in [5.74, 6) is -0.231. The van der Waals surface area contributed by atoms with Crippen molar-refractivity contribution >= 4 is 32.9 Å². The maximum Gasteiger partial charge on any atom is 0.277 e. The number of carbonyl (C=O) groups excluding carboxylic acids is 1. The van der Waals surface area contributed by atoms with E-state index in [1.807, 2.05) is 6.92 Å². The molecule has 0 radical (unpaired) electrons. The van der Waals surface area contributed by atoms with E-state index in [-0.39, 0.29) is 47.2 Å². The highest BCUT2D eigenvalue weighted by atomic mass is 32.2. The molecule has 1 saturated heterocycles. The number of hydrogen-bond donors (Lipinski definition) is 1. The molecular weight excluding hydrogens is 549 g/mol. The molecule has 2 aromatic heterocycles. The van der Waals surface area contributed by atoms with Gasteiger partial charge in [0, 0.05) is 37.7 Å². The zero-order valence-electron chi connectivity index (χ0n) is 23.0. The normalized spacial score (nSPS) is 15.6. The van der Waals surface area contributed by atoms with Crippen LogP contribution in [0.3, 0.4) is 0 Å². The molecule has 0 bridgehead atoms. The van der Waals surface area contributed by atoms with E-state index < -0.39 is 21.4 Å². The zero-order chi connectivity index (χ0) is 29.3. The molecule has 0 atom stereocenters. The standard InChI is InChI=1S/C29H30FN5O5S/c1-4-8-23-26-27(34(3)33-23)29(37)32-28(31-26)21-16-20(11-12-25(21)40-5-2)41(38,39)35-14-13-24(36)19(17-35)15-18-9-6-7-10-22(18)30/h6-7,9-12,15-16H,4-5,8,13-14,17H2,1-3H3,(H,31,32,37)/b19-15-. The molecule has 0 saturated carbocycles. The first-order valence-electron chi connectivity index (χ1n) is 13.4. The number of nitrogens with one attached hydrogen (secondary N) is 1. The fourth-order valence-corrected chi connectivity index (χ4v) is 6.37. The molecule has 3 heterocycles. The Morgan fingerprint density at radius 2 is 1.93 bits per heavy atom. The summed E-state index contributed by atoms with van der Waals surface area (Å²) in [6, 6.07) is 10.4. The van der Waals surface area contributed by atoms with E-state index in [2.05, 4.69) is 15.1 Å². The summed E-state index contributed by atoms with van der Waals surface area (Å²) in [4.78, 5) is 33.1. The number of carbonyl (C=O) groups is 1. The number of nitrogens with zero attached hydrogens (tertiary/aromatic N) is 4. The van der Waals surface area contributed by atoms with Gasteiger partial charge in [0.05, 0.1) is 22.8 Å². The highest BCUT2D eigenvalue weighted by molar-refractivity contribution is 7.89. The molecule has 2 aromatic carbocycles. The highest BCUT2D eigenvalue weighted by Crippen LogP contribution is 2.33. The second-order valence-electron chi connectivity index (χ2n) is 9.73. The third-order valence-electron chi connectivity index (χ3n) is 6.92. The number of fused-ring (bicyclic) bond motifs is 1. The van der Waals surface area contributed by atoms with Crippen LogP contribution in [0.15, 0.2) is 57.7 Å². The molecule has 1 N–H and O–H groups in total. The first-order valence-corrected chi connectivity index (χ1v) is 14.8. The average molecular weight is 580 g/mol. The molecule has 0 aliphatic carbocycles. The second kappa shape index (κ2) is 11.4. The lowest BCUT2D eigenvalue weighted by Crippen LogP contribution is -2.40. The first kappa shape index (κ1) is 28.4. The van der Waals surface area contributed by atoms with Gasteiger partial charge in [-0.2, -0.15) is 9.40 Å². The van der Waals surface area contributed by atoms with Crippen molar-refractivity contribution in [3.8, 4) is 17.1 Å². The minimum atomic E-state index is -4.09. The molecule has 4 aromatic rings. The number of rotatable bonds is 8. The molecule has 5 rings (SSSR count). The summed E-state index contributed by atoms with van der Waals surface area (Å²) in [7, 11) is -2.42. The van der Waals surface area contributed by atoms with E-state index in [1.165, 1.54) is 45.4 Å². The Hall–Kier alpha value is -4.16. The third kappa shape index (κ3) is 5.44. The SMILES string of the molecule is CCCc1nn(C)c2c(=O)[nH]c(-c3cc(S(=O)(=O)N4CCC(=O)/C(=C\c5ccccc5F)C4)ccc3OCC)nc12. The molecule has 41 heavy (non-hydrogen) atoms. The van der Waals surface area contributed by atoms with Crippen LogP contribution in [0.5, 0.6) is 5.75 Å². The topological polar surface area (TPSA) is 127 Å². The van der Waals surface area contributed by atoms with Crippen LogP contribution in [0, 0.1) is 5.82 Å². The minimum Gasteiger partial charge on any atom is -0.493 e. The molecule has 10 nitrogen and oxygen atoms in total. The van der Waals surface area contributed by atoms with Gasteiger partial charge in [-0.05, 0) is 43.7 Å². The molecule has 0 spiro atoms. The Balaban J connectivity index is 1.57. The maximum atomic E-state index is 14.2. The van der Waals surface area contributed by atoms with Crippen molar-refractivity contribution in [2.45, 2.75) is 38.0 Å². The fraction of sp³-hybridized carbons (Fsp3) is 0.310. The molecule has 0 amide bonds. The Bertz CT molecular complexity index is 1840. The van der Waals surface area contributed by atoms with E-state index in [9.17, 15) is 22.4 Å². The number of benzene rings is 2. The van der Waals surface area contributed by atoms with Crippen LogP contribution in [0.4, 0.5) is 4.39 Å². The minimum absolute atomic E-state index is 0.0184. The molecule has 214 valence electrons. The Kier molecular flexibility index (Phi) is 7.87. The number of ether oxygens (including phenoxy) is 1. The lowest BCUT2D eigenvalue weighted by atomic mass is 10.0. The third-order valence-corrected chi connectivity index (χ3v) is 8.76. The van der Waals surface area contributed by atoms with Gasteiger partial charge >= 0.3 is 0 Å². The van der Waals surface area contributed by atoms with E-state index in [4.69, 9.17) is 4.74 Å². The number of aryl methyl sites for hydroxylation is 2. The molecule has 1 aliphatic rings. The fourth-order valence-electron chi connectivity index (χ4n) is 4.92. The van der Waals surface area contributed by atoms with Crippen molar-refractivity contribution < 1.29 is 22.3 Å². The van der Waals surface area contributed by atoms with Crippen molar-refractivity contribution in [1.29, 1.82) is 0 Å². The number of aromatic nitrogens is 4. The summed E-state index contributed by atoms with van der Waals surface area (Å²) in [5.41, 5.74) is 1.75. The van der Waals surface area contributed by atoms with E-state index in [1.54, 1.807) is 26.1 Å². The van der Waals surface area contributed by atoms with Gasteiger partial charge in [0.2, 0.25) is 10.0 Å². The summed E-state index contributed by atoms with van der Waals surface area (Å²) < 4.78 is 50.3. The van der Waals surface area contributed by atoms with Crippen LogP contribution < -0.4 is 10.3 Å². The predicted octanol–water partition coefficient (Wildman–Crippen LogP) is 3.86. The number of halogens is 1. The van der Waals surface area contributed by atoms with Gasteiger partial charge in [-0.1, -0.05) is 31.5 Å². The van der Waals surface area contributed by atoms with Crippen LogP contribution in [0.25, 0.3) is 28.5 Å². The number of piperidine rings is 1. The van der Waals surface area contributed by atoms with Crippen molar-refractivity contribution in [2.75, 3.05) is 19.7 Å². The number of ketones is 1. The van der Waals surface area contributed by atoms with Gasteiger partial charge < -0.3 is 9.72 Å². The smallest absolute Gasteiger partial charge is 0.277 e. The number of aromatic amines is 1. The van der Waals surface area contributed by atoms with Gasteiger partial charge in [0.1, 0.15) is 22.9 Å². The second-order valence-corrected chi connectivity index (χ2v) is 11.7. The molecule has 0 unspecified atom stereocenters. The van der Waals surface area contributed by atoms with Crippen LogP contribution in [0.2, 0.25) is 0 Å². The molecule has 12 heteroatoms. The summed E-state index contributed by atoms with van der Waals surface area (Å²) in [6.45, 7) is 3.88. The Labute approximate surface area is 236 Å². The van der Waals surface area contributed by atoms with Gasteiger partial charge in [0.15, 0.2) is 11.3 Å². The molecular formula is C29H30FN5O5S. The van der Waals surface area contributed by atoms with Crippen LogP contribution in [0.1, 0.15) is 37.9 Å². The lowest BCUT2D eigenvalue weighted by molar-refractivity contribution is -0.116. The zero-order valence-corrected chi connectivity index (χ0v) is 23.8. The average Bonchev–Trinajstić information content (AvgIpc) is 3.26. The van der Waals surface area contributed by atoms with Gasteiger partial charge in [-0.15, -0.1) is 0 Å². The summed E-state index contributed by atoms with van der Waals surface area (Å²) >= 11 is 0. The first-order chi connectivity index (χ1) is 19.6. The summed E-state index contributed by atoms with van der Waals surface area (Å²) in [5, 5.41) is 4.44. The monoisotopic (exact) mass is 579 g/mol. The van der Waals surface area contributed by atoms with Gasteiger partial charge in [-0.25, -0.2) is 17.8 Å². The summed E-state index contributed by atoms with van der Waals surface area (Å²) in [6.07, 6.45) is 2.79. The van der Waals surface area contributed by atoms with E-state index in [0.717, 1.165) is 6.42 Å². The maximum absolute atomic E-state index is 14.2. The van der Waals surface area contributed by atoms with Crippen molar-refractivity contribution in [2.24, 2.45) is 7.05 Å². The van der Waals surface area contributed by atoms with E-state index >= 15 is 0 Å². The van der Waals surface area contributed by atoms with Gasteiger partial charge in [0.25, 0.3) is 5.56 Å². The number of sulfonamides is 1. The highest BCUT2D eigenvalue weighted by Gasteiger charge is 2.32. The molecule has 1 aliphatic heterocycles. The largest absolute Gasteiger partial charge is 0.493 e. The van der Waals surface area contributed by atoms with Crippen molar-refractivity contribution in [3.05, 3.63) is 75.5 Å². The number of Topliss-reactive ketones (excluding diaryl/α,β-unsaturated/α-hetero) is 1. The Morgan fingerprint density at radius 3 is 2.66 bits per heavy atom. The molecule has 1 fully saturated rings. The van der Waals surface area contributed by atoms with E-state index in [0.29, 0.717) is 41.1 Å². The quantitative estimate of drug-likeness (QED) is 0.314. The van der Waals surface area contributed by atoms with Crippen molar-refractivity contribution in [1.82, 2.24) is 24.1 Å².